The third kappa shape index (κ3) is 6.10. The van der Waals surface area contributed by atoms with E-state index >= 15 is 0 Å². The van der Waals surface area contributed by atoms with Crippen LogP contribution in [0.2, 0.25) is 0 Å². The first-order chi connectivity index (χ1) is 14.3. The molecule has 1 saturated carbocycles. The maximum absolute atomic E-state index is 13.3. The van der Waals surface area contributed by atoms with E-state index in [2.05, 4.69) is 17.2 Å². The van der Waals surface area contributed by atoms with Crippen molar-refractivity contribution in [2.75, 3.05) is 24.2 Å². The Morgan fingerprint density at radius 3 is 2.43 bits per heavy atom. The molecule has 8 nitrogen and oxygen atoms in total. The number of amides is 3. The van der Waals surface area contributed by atoms with Gasteiger partial charge in [0.25, 0.3) is 0 Å². The lowest BCUT2D eigenvalue weighted by Gasteiger charge is -2.44. The summed E-state index contributed by atoms with van der Waals surface area (Å²) in [5.41, 5.74) is 0. The molecule has 0 bridgehead atoms. The van der Waals surface area contributed by atoms with Crippen LogP contribution in [0.3, 0.4) is 0 Å². The van der Waals surface area contributed by atoms with Crippen molar-refractivity contribution in [3.05, 3.63) is 6.20 Å². The lowest BCUT2D eigenvalue weighted by molar-refractivity contribution is -0.134. The average molecular weight is 455 g/mol. The van der Waals surface area contributed by atoms with E-state index in [-0.39, 0.29) is 29.8 Å². The summed E-state index contributed by atoms with van der Waals surface area (Å²) in [6.07, 6.45) is 7.42. The highest BCUT2D eigenvalue weighted by molar-refractivity contribution is 8.01. The van der Waals surface area contributed by atoms with E-state index in [1.807, 2.05) is 9.80 Å². The first-order valence-electron chi connectivity index (χ1n) is 10.5. The zero-order valence-corrected chi connectivity index (χ0v) is 19.1. The van der Waals surface area contributed by atoms with Gasteiger partial charge in [-0.3, -0.25) is 14.9 Å². The Morgan fingerprint density at radius 1 is 1.20 bits per heavy atom. The third-order valence-electron chi connectivity index (χ3n) is 5.95. The highest BCUT2D eigenvalue weighted by Crippen LogP contribution is 2.32. The number of aliphatic carboxylic acids is 1. The van der Waals surface area contributed by atoms with E-state index in [9.17, 15) is 14.4 Å². The molecule has 0 unspecified atom stereocenters. The number of carbonyl (C=O) groups excluding carboxylic acids is 2. The molecule has 3 rings (SSSR count). The largest absolute Gasteiger partial charge is 0.481 e. The van der Waals surface area contributed by atoms with Crippen LogP contribution in [0.1, 0.15) is 52.4 Å². The van der Waals surface area contributed by atoms with Crippen LogP contribution in [-0.4, -0.2) is 68.7 Å². The highest BCUT2D eigenvalue weighted by Gasteiger charge is 2.35. The number of hydrogen-bond acceptors (Lipinski definition) is 6. The van der Waals surface area contributed by atoms with Crippen molar-refractivity contribution >= 4 is 46.1 Å². The van der Waals surface area contributed by atoms with Gasteiger partial charge in [0.05, 0.1) is 16.2 Å². The van der Waals surface area contributed by atoms with Gasteiger partial charge in [0.1, 0.15) is 0 Å². The van der Waals surface area contributed by atoms with Crippen LogP contribution in [0.4, 0.5) is 9.93 Å². The lowest BCUT2D eigenvalue weighted by atomic mass is 9.85. The van der Waals surface area contributed by atoms with Gasteiger partial charge in [-0.25, -0.2) is 9.78 Å². The zero-order chi connectivity index (χ0) is 21.7. The van der Waals surface area contributed by atoms with Crippen molar-refractivity contribution in [1.82, 2.24) is 14.8 Å². The molecule has 166 valence electrons. The fourth-order valence-electron chi connectivity index (χ4n) is 4.28. The monoisotopic (exact) mass is 454 g/mol. The smallest absolute Gasteiger partial charge is 0.324 e. The maximum Gasteiger partial charge on any atom is 0.324 e. The molecule has 0 atom stereocenters. The maximum atomic E-state index is 13.3. The minimum Gasteiger partial charge on any atom is -0.481 e. The first kappa shape index (κ1) is 22.9. The minimum atomic E-state index is -0.881. The number of aromatic nitrogens is 1. The molecule has 10 heteroatoms. The van der Waals surface area contributed by atoms with Gasteiger partial charge in [-0.05, 0) is 44.4 Å². The molecule has 0 spiro atoms. The Bertz CT molecular complexity index is 756. The summed E-state index contributed by atoms with van der Waals surface area (Å²) in [7, 11) is 0. The standard InChI is InChI=1S/C20H30N4O4S2/c1-13-3-5-15(6-4-13)24(16-7-9-23(10-8-16)14(2)25)20(28)22-19-21-11-18(30-19)29-12-17(26)27/h11,13,15-16H,3-10,12H2,1-2H3,(H,26,27)(H,21,22,28). The number of thioether (sulfide) groups is 1. The Balaban J connectivity index is 1.67. The summed E-state index contributed by atoms with van der Waals surface area (Å²) in [6, 6.07) is 0.177. The van der Waals surface area contributed by atoms with Gasteiger partial charge in [-0.2, -0.15) is 0 Å². The Hall–Kier alpha value is -1.81. The van der Waals surface area contributed by atoms with Gasteiger partial charge < -0.3 is 14.9 Å². The third-order valence-corrected chi connectivity index (χ3v) is 8.04. The summed E-state index contributed by atoms with van der Waals surface area (Å²) < 4.78 is 0.764. The Kier molecular flexibility index (Phi) is 7.99. The number of piperidine rings is 1. The topological polar surface area (TPSA) is 103 Å². The molecule has 2 heterocycles. The Labute approximate surface area is 185 Å². The number of nitrogens with one attached hydrogen (secondary N) is 1. The fourth-order valence-corrected chi connectivity index (χ4v) is 5.86. The number of likely N-dealkylation sites (tertiary alicyclic amines) is 1. The summed E-state index contributed by atoms with van der Waals surface area (Å²) in [4.78, 5) is 43.8. The van der Waals surface area contributed by atoms with Crippen LogP contribution in [-0.2, 0) is 9.59 Å². The van der Waals surface area contributed by atoms with Crippen molar-refractivity contribution in [3.8, 4) is 0 Å². The summed E-state index contributed by atoms with van der Waals surface area (Å²) in [6.45, 7) is 5.22. The van der Waals surface area contributed by atoms with E-state index in [0.29, 0.717) is 24.1 Å². The average Bonchev–Trinajstić information content (AvgIpc) is 3.16. The number of carbonyl (C=O) groups is 3. The quantitative estimate of drug-likeness (QED) is 0.635. The number of carboxylic acids is 1. The molecular weight excluding hydrogens is 424 g/mol. The van der Waals surface area contributed by atoms with Crippen molar-refractivity contribution in [1.29, 1.82) is 0 Å². The SMILES string of the molecule is CC(=O)N1CCC(N(C(=O)Nc2ncc(SCC(=O)O)s2)C2CCC(C)CC2)CC1. The van der Waals surface area contributed by atoms with Crippen LogP contribution >= 0.6 is 23.1 Å². The van der Waals surface area contributed by atoms with Crippen molar-refractivity contribution in [2.24, 2.45) is 5.92 Å². The van der Waals surface area contributed by atoms with Gasteiger partial charge in [-0.15, -0.1) is 11.8 Å². The number of rotatable bonds is 6. The molecule has 1 aliphatic carbocycles. The van der Waals surface area contributed by atoms with Crippen LogP contribution in [0.5, 0.6) is 0 Å². The second kappa shape index (κ2) is 10.5. The zero-order valence-electron chi connectivity index (χ0n) is 17.5. The predicted molar refractivity (Wildman–Crippen MR) is 118 cm³/mol. The van der Waals surface area contributed by atoms with E-state index in [1.54, 1.807) is 13.1 Å². The van der Waals surface area contributed by atoms with E-state index < -0.39 is 5.97 Å². The molecule has 30 heavy (non-hydrogen) atoms. The molecule has 2 fully saturated rings. The molecular formula is C20H30N4O4S2. The normalized spacial score (nSPS) is 22.5. The van der Waals surface area contributed by atoms with Crippen LogP contribution in [0, 0.1) is 5.92 Å². The first-order valence-corrected chi connectivity index (χ1v) is 12.3. The van der Waals surface area contributed by atoms with E-state index in [0.717, 1.165) is 42.7 Å². The molecule has 2 aliphatic rings. The molecule has 1 saturated heterocycles. The van der Waals surface area contributed by atoms with Crippen molar-refractivity contribution in [3.63, 3.8) is 0 Å². The van der Waals surface area contributed by atoms with Crippen molar-refractivity contribution < 1.29 is 19.5 Å². The highest BCUT2D eigenvalue weighted by atomic mass is 32.2. The number of urea groups is 1. The van der Waals surface area contributed by atoms with Crippen LogP contribution in [0.15, 0.2) is 10.4 Å². The number of carboxylic acid groups (broad SMARTS) is 1. The van der Waals surface area contributed by atoms with Crippen LogP contribution in [0.25, 0.3) is 0 Å². The molecule has 1 aromatic rings. The van der Waals surface area contributed by atoms with Crippen molar-refractivity contribution in [2.45, 2.75) is 68.7 Å². The molecule has 2 N–H and O–H groups in total. The lowest BCUT2D eigenvalue weighted by Crippen LogP contribution is -2.54. The van der Waals surface area contributed by atoms with Gasteiger partial charge in [0.15, 0.2) is 5.13 Å². The summed E-state index contributed by atoms with van der Waals surface area (Å²) in [5.74, 6) is -0.131. The van der Waals surface area contributed by atoms with Crippen LogP contribution < -0.4 is 5.32 Å². The number of anilines is 1. The molecule has 1 aliphatic heterocycles. The molecule has 0 aromatic carbocycles. The number of nitrogens with zero attached hydrogens (tertiary/aromatic N) is 3. The molecule has 3 amide bonds. The summed E-state index contributed by atoms with van der Waals surface area (Å²) >= 11 is 2.49. The Morgan fingerprint density at radius 2 is 1.83 bits per heavy atom. The predicted octanol–water partition coefficient (Wildman–Crippen LogP) is 3.74. The van der Waals surface area contributed by atoms with Gasteiger partial charge in [-0.1, -0.05) is 18.3 Å². The number of hydrogen-bond donors (Lipinski definition) is 2. The second-order valence-corrected chi connectivity index (χ2v) is 10.5. The van der Waals surface area contributed by atoms with Gasteiger partial charge in [0.2, 0.25) is 5.91 Å². The number of thiazole rings is 1. The fraction of sp³-hybridized carbons (Fsp3) is 0.700. The van der Waals surface area contributed by atoms with E-state index in [4.69, 9.17) is 5.11 Å². The van der Waals surface area contributed by atoms with Gasteiger partial charge >= 0.3 is 12.0 Å². The van der Waals surface area contributed by atoms with Gasteiger partial charge in [0, 0.05) is 32.1 Å². The summed E-state index contributed by atoms with van der Waals surface area (Å²) in [5, 5.41) is 12.3. The van der Waals surface area contributed by atoms with E-state index in [1.165, 1.54) is 23.1 Å². The minimum absolute atomic E-state index is 0.0311. The second-order valence-electron chi connectivity index (χ2n) is 8.16. The molecule has 0 radical (unpaired) electrons. The molecule has 1 aromatic heterocycles.